The molecule has 1 aromatic carbocycles. The first-order valence-electron chi connectivity index (χ1n) is 17.4. The van der Waals surface area contributed by atoms with Gasteiger partial charge in [0.05, 0.1) is 11.7 Å². The summed E-state index contributed by atoms with van der Waals surface area (Å²) in [6.45, 7) is 19.2. The number of anilines is 1. The van der Waals surface area contributed by atoms with Gasteiger partial charge in [-0.2, -0.15) is 0 Å². The predicted octanol–water partition coefficient (Wildman–Crippen LogP) is 4.01. The zero-order chi connectivity index (χ0) is 38.0. The molecule has 2 aliphatic rings. The molecule has 282 valence electrons. The maximum absolute atomic E-state index is 14.3. The molecule has 4 rings (SSSR count). The maximum atomic E-state index is 14.3. The van der Waals surface area contributed by atoms with Crippen LogP contribution in [0.3, 0.4) is 0 Å². The van der Waals surface area contributed by atoms with Crippen LogP contribution in [0.4, 0.5) is 10.2 Å². The van der Waals surface area contributed by atoms with E-state index in [0.29, 0.717) is 49.1 Å². The number of carboxylic acid groups (broad SMARTS) is 2. The molecule has 15 heteroatoms. The third kappa shape index (κ3) is 11.4. The summed E-state index contributed by atoms with van der Waals surface area (Å²) in [6, 6.07) is 4.61. The van der Waals surface area contributed by atoms with Crippen LogP contribution in [0.25, 0.3) is 0 Å². The van der Waals surface area contributed by atoms with Gasteiger partial charge in [0.2, 0.25) is 0 Å². The molecule has 0 unspecified atom stereocenters. The third-order valence-electron chi connectivity index (χ3n) is 9.49. The summed E-state index contributed by atoms with van der Waals surface area (Å²) in [5.74, 6) is -1.91. The molecule has 14 nitrogen and oxygen atoms in total. The smallest absolute Gasteiger partial charge is 0.328 e. The number of hydrogen-bond acceptors (Lipinski definition) is 11. The van der Waals surface area contributed by atoms with Crippen LogP contribution in [0.1, 0.15) is 71.7 Å². The molecule has 1 aromatic heterocycles. The minimum atomic E-state index is -1.26. The number of aliphatic carboxylic acids is 2. The van der Waals surface area contributed by atoms with E-state index in [9.17, 15) is 23.9 Å². The monoisotopic (exact) mass is 715 g/mol. The van der Waals surface area contributed by atoms with Crippen molar-refractivity contribution in [3.05, 3.63) is 48.1 Å². The number of rotatable bonds is 15. The minimum absolute atomic E-state index is 0.0508. The molecule has 0 saturated carbocycles. The van der Waals surface area contributed by atoms with Crippen molar-refractivity contribution in [2.75, 3.05) is 51.2 Å². The van der Waals surface area contributed by atoms with Crippen LogP contribution < -0.4 is 9.64 Å². The van der Waals surface area contributed by atoms with Gasteiger partial charge in [-0.05, 0) is 78.6 Å². The van der Waals surface area contributed by atoms with Crippen molar-refractivity contribution in [1.29, 1.82) is 0 Å². The second-order valence-electron chi connectivity index (χ2n) is 14.3. The highest BCUT2D eigenvalue weighted by molar-refractivity contribution is 5.97. The summed E-state index contributed by atoms with van der Waals surface area (Å²) in [6.07, 6.45) is 3.92. The number of likely N-dealkylation sites (tertiary alicyclic amines) is 1. The fraction of sp³-hybridized carbons (Fsp3) is 0.611. The Hall–Kier alpha value is -4.21. The fourth-order valence-electron chi connectivity index (χ4n) is 6.61. The average molecular weight is 716 g/mol. The van der Waals surface area contributed by atoms with E-state index in [4.69, 9.17) is 14.9 Å². The average Bonchev–Trinajstić information content (AvgIpc) is 3.49. The summed E-state index contributed by atoms with van der Waals surface area (Å²) in [4.78, 5) is 45.5. The van der Waals surface area contributed by atoms with Crippen molar-refractivity contribution < 1.29 is 38.8 Å². The molecular weight excluding hydrogens is 661 g/mol. The number of aliphatic hydroxyl groups excluding tert-OH is 1. The molecule has 0 bridgehead atoms. The van der Waals surface area contributed by atoms with Crippen LogP contribution in [-0.4, -0.2) is 134 Å². The Morgan fingerprint density at radius 3 is 2.24 bits per heavy atom. The Morgan fingerprint density at radius 1 is 1.04 bits per heavy atom. The Balaban J connectivity index is 0.000000783. The molecule has 2 saturated heterocycles. The number of carboxylic acids is 2. The van der Waals surface area contributed by atoms with Gasteiger partial charge in [-0.3, -0.25) is 9.69 Å². The summed E-state index contributed by atoms with van der Waals surface area (Å²) >= 11 is 0. The lowest BCUT2D eigenvalue weighted by atomic mass is 9.76. The minimum Gasteiger partial charge on any atom is -0.478 e. The molecule has 0 aliphatic carbocycles. The predicted molar refractivity (Wildman–Crippen MR) is 190 cm³/mol. The van der Waals surface area contributed by atoms with Gasteiger partial charge in [-0.15, -0.1) is 10.2 Å². The van der Waals surface area contributed by atoms with Gasteiger partial charge < -0.3 is 34.8 Å². The van der Waals surface area contributed by atoms with E-state index in [0.717, 1.165) is 39.0 Å². The Labute approximate surface area is 299 Å². The number of aromatic nitrogens is 3. The molecule has 2 aliphatic heterocycles. The number of nitrogens with zero attached hydrogens (tertiary/aromatic N) is 7. The number of carbonyl (C=O) groups is 3. The third-order valence-corrected chi connectivity index (χ3v) is 9.49. The van der Waals surface area contributed by atoms with Crippen LogP contribution in [0, 0.1) is 17.2 Å². The first kappa shape index (κ1) is 41.2. The highest BCUT2D eigenvalue weighted by Crippen LogP contribution is 2.44. The van der Waals surface area contributed by atoms with E-state index in [1.54, 1.807) is 4.90 Å². The standard InChI is InChI=1S/C32H50FN7O3.C4H4O4/c1-9-40(23(6)7)31(42)26-14-24(33)10-11-28(26)43-30-29(34-20-35-36-30)38-13-12-32(17-38)18-39(19-32)27(21(2)3)15-25(41)16-37(8)22(4)5;5-3(6)1-2-4(7)8/h10-11,14,20-23,25,27,41H,9,12-13,15-19H2,1-8H3;1-2H,(H,5,6)(H,7,8)/b;2-1+/t25-,27-;/m1./s1. The first-order chi connectivity index (χ1) is 24.0. The topological polar surface area (TPSA) is 173 Å². The molecule has 3 heterocycles. The van der Waals surface area contributed by atoms with E-state index in [2.05, 4.69) is 64.6 Å². The van der Waals surface area contributed by atoms with Crippen molar-refractivity contribution in [1.82, 2.24) is 29.9 Å². The number of amides is 1. The van der Waals surface area contributed by atoms with Crippen molar-refractivity contribution in [2.45, 2.75) is 85.5 Å². The molecule has 3 N–H and O–H groups in total. The largest absolute Gasteiger partial charge is 0.478 e. The lowest BCUT2D eigenvalue weighted by Crippen LogP contribution is -2.62. The van der Waals surface area contributed by atoms with Gasteiger partial charge in [-0.1, -0.05) is 13.8 Å². The quantitative estimate of drug-likeness (QED) is 0.226. The van der Waals surface area contributed by atoms with Crippen molar-refractivity contribution in [3.63, 3.8) is 0 Å². The van der Waals surface area contributed by atoms with Crippen molar-refractivity contribution in [2.24, 2.45) is 11.3 Å². The lowest BCUT2D eigenvalue weighted by Gasteiger charge is -2.53. The zero-order valence-electron chi connectivity index (χ0n) is 31.0. The maximum Gasteiger partial charge on any atom is 0.328 e. The van der Waals surface area contributed by atoms with Gasteiger partial charge in [-0.25, -0.2) is 19.0 Å². The van der Waals surface area contributed by atoms with E-state index in [1.165, 1.54) is 24.5 Å². The molecule has 2 aromatic rings. The van der Waals surface area contributed by atoms with Crippen LogP contribution in [-0.2, 0) is 9.59 Å². The number of halogens is 1. The van der Waals surface area contributed by atoms with E-state index in [1.807, 2.05) is 20.8 Å². The molecule has 51 heavy (non-hydrogen) atoms. The number of ether oxygens (including phenoxy) is 1. The summed E-state index contributed by atoms with van der Waals surface area (Å²) in [5, 5.41) is 34.6. The normalized spacial score (nSPS) is 16.8. The highest BCUT2D eigenvalue weighted by Gasteiger charge is 2.50. The highest BCUT2D eigenvalue weighted by atomic mass is 19.1. The Bertz CT molecular complexity index is 1500. The van der Waals surface area contributed by atoms with E-state index in [-0.39, 0.29) is 40.7 Å². The number of likely N-dealkylation sites (N-methyl/N-ethyl adjacent to an activating group) is 1. The number of hydrogen-bond donors (Lipinski definition) is 3. The number of aliphatic hydroxyl groups is 1. The van der Waals surface area contributed by atoms with Gasteiger partial charge >= 0.3 is 11.9 Å². The number of benzene rings is 1. The summed E-state index contributed by atoms with van der Waals surface area (Å²) in [7, 11) is 2.06. The van der Waals surface area contributed by atoms with Crippen LogP contribution in [0.5, 0.6) is 11.6 Å². The van der Waals surface area contributed by atoms with Gasteiger partial charge in [0.1, 0.15) is 17.9 Å². The molecular formula is C36H54FN7O7. The Kier molecular flexibility index (Phi) is 14.8. The zero-order valence-corrected chi connectivity index (χ0v) is 31.0. The second-order valence-corrected chi connectivity index (χ2v) is 14.3. The molecule has 1 amide bonds. The summed E-state index contributed by atoms with van der Waals surface area (Å²) < 4.78 is 20.4. The fourth-order valence-corrected chi connectivity index (χ4v) is 6.61. The van der Waals surface area contributed by atoms with E-state index < -0.39 is 17.8 Å². The second kappa shape index (κ2) is 18.3. The van der Waals surface area contributed by atoms with Gasteiger partial charge in [0.15, 0.2) is 5.82 Å². The van der Waals surface area contributed by atoms with Crippen molar-refractivity contribution >= 4 is 23.7 Å². The van der Waals surface area contributed by atoms with Crippen LogP contribution >= 0.6 is 0 Å². The molecule has 2 fully saturated rings. The Morgan fingerprint density at radius 2 is 1.69 bits per heavy atom. The summed E-state index contributed by atoms with van der Waals surface area (Å²) in [5.41, 5.74) is 0.270. The van der Waals surface area contributed by atoms with Gasteiger partial charge in [0.25, 0.3) is 11.8 Å². The van der Waals surface area contributed by atoms with Crippen LogP contribution in [0.15, 0.2) is 36.7 Å². The van der Waals surface area contributed by atoms with E-state index >= 15 is 0 Å². The van der Waals surface area contributed by atoms with Crippen molar-refractivity contribution in [3.8, 4) is 11.6 Å². The SMILES string of the molecule is CCN(C(=O)c1cc(F)ccc1Oc1nncnc1N1CCC2(C1)CN([C@H](C[C@@H](O)CN(C)C(C)C)C(C)C)C2)C(C)C.O=C(O)/C=C/C(=O)O. The number of carbonyl (C=O) groups excluding carboxylic acids is 1. The van der Waals surface area contributed by atoms with Gasteiger partial charge in [0, 0.05) is 75.0 Å². The van der Waals surface area contributed by atoms with Crippen LogP contribution in [0.2, 0.25) is 0 Å². The molecule has 0 radical (unpaired) electrons. The molecule has 1 spiro atoms. The first-order valence-corrected chi connectivity index (χ1v) is 17.4. The lowest BCUT2D eigenvalue weighted by molar-refractivity contribution is -0.134. The molecule has 2 atom stereocenters.